The summed E-state index contributed by atoms with van der Waals surface area (Å²) in [5.74, 6) is -0.978. The number of halogens is 3. The van der Waals surface area contributed by atoms with Crippen LogP contribution in [0, 0.1) is 11.6 Å². The lowest BCUT2D eigenvalue weighted by Crippen LogP contribution is -2.01. The predicted molar refractivity (Wildman–Crippen MR) is 82.2 cm³/mol. The van der Waals surface area contributed by atoms with Crippen LogP contribution in [0.3, 0.4) is 0 Å². The Morgan fingerprint density at radius 2 is 1.60 bits per heavy atom. The minimum Gasteiger partial charge on any atom is -0.207 e. The lowest BCUT2D eigenvalue weighted by molar-refractivity contribution is 0.554. The predicted octanol–water partition coefficient (Wildman–Crippen LogP) is 5.60. The highest BCUT2D eigenvalue weighted by Gasteiger charge is 2.15. The molecule has 3 heteroatoms. The second-order valence-corrected chi connectivity index (χ2v) is 5.97. The average Bonchev–Trinajstić information content (AvgIpc) is 2.44. The summed E-state index contributed by atoms with van der Waals surface area (Å²) in [6.45, 7) is 2.14. The van der Waals surface area contributed by atoms with Crippen molar-refractivity contribution in [2.24, 2.45) is 0 Å². The van der Waals surface area contributed by atoms with E-state index in [2.05, 4.69) is 35.0 Å². The highest BCUT2D eigenvalue weighted by molar-refractivity contribution is 9.09. The first-order valence-electron chi connectivity index (χ1n) is 6.77. The first-order chi connectivity index (χ1) is 9.61. The van der Waals surface area contributed by atoms with Gasteiger partial charge in [-0.15, -0.1) is 0 Å². The van der Waals surface area contributed by atoms with Crippen LogP contribution >= 0.6 is 15.9 Å². The zero-order valence-corrected chi connectivity index (χ0v) is 13.0. The van der Waals surface area contributed by atoms with Gasteiger partial charge in [-0.1, -0.05) is 59.6 Å². The van der Waals surface area contributed by atoms with Crippen LogP contribution in [-0.2, 0) is 12.8 Å². The van der Waals surface area contributed by atoms with Crippen molar-refractivity contribution < 1.29 is 8.78 Å². The monoisotopic (exact) mass is 338 g/mol. The number of hydrogen-bond acceptors (Lipinski definition) is 0. The maximum atomic E-state index is 13.6. The summed E-state index contributed by atoms with van der Waals surface area (Å²) in [5.41, 5.74) is 2.45. The van der Waals surface area contributed by atoms with E-state index in [9.17, 15) is 8.78 Å². The SMILES string of the molecule is CCCc1ccc(C(Br)Cc2c(F)cccc2F)cc1. The van der Waals surface area contributed by atoms with E-state index in [1.165, 1.54) is 23.8 Å². The van der Waals surface area contributed by atoms with Gasteiger partial charge in [0.25, 0.3) is 0 Å². The molecule has 0 fully saturated rings. The minimum atomic E-state index is -0.489. The van der Waals surface area contributed by atoms with Crippen molar-refractivity contribution in [1.82, 2.24) is 0 Å². The summed E-state index contributed by atoms with van der Waals surface area (Å²) in [6, 6.07) is 12.2. The molecule has 106 valence electrons. The normalized spacial score (nSPS) is 12.4. The van der Waals surface area contributed by atoms with Crippen LogP contribution in [0.1, 0.15) is 34.9 Å². The topological polar surface area (TPSA) is 0 Å². The molecule has 0 spiro atoms. The van der Waals surface area contributed by atoms with Crippen LogP contribution in [0.5, 0.6) is 0 Å². The van der Waals surface area contributed by atoms with Gasteiger partial charge in [0, 0.05) is 10.4 Å². The highest BCUT2D eigenvalue weighted by Crippen LogP contribution is 2.29. The maximum Gasteiger partial charge on any atom is 0.129 e. The van der Waals surface area contributed by atoms with Gasteiger partial charge in [-0.25, -0.2) is 8.78 Å². The van der Waals surface area contributed by atoms with E-state index in [1.807, 2.05) is 12.1 Å². The first-order valence-corrected chi connectivity index (χ1v) is 7.69. The van der Waals surface area contributed by atoms with Gasteiger partial charge in [0.1, 0.15) is 11.6 Å². The zero-order valence-electron chi connectivity index (χ0n) is 11.4. The lowest BCUT2D eigenvalue weighted by atomic mass is 10.0. The van der Waals surface area contributed by atoms with E-state index in [-0.39, 0.29) is 10.4 Å². The van der Waals surface area contributed by atoms with Crippen molar-refractivity contribution in [3.63, 3.8) is 0 Å². The van der Waals surface area contributed by atoms with Gasteiger partial charge in [-0.05, 0) is 36.1 Å². The van der Waals surface area contributed by atoms with Gasteiger partial charge in [-0.3, -0.25) is 0 Å². The fraction of sp³-hybridized carbons (Fsp3) is 0.294. The van der Waals surface area contributed by atoms with Crippen LogP contribution < -0.4 is 0 Å². The van der Waals surface area contributed by atoms with E-state index in [0.29, 0.717) is 6.42 Å². The standard InChI is InChI=1S/C17H17BrF2/c1-2-4-12-7-9-13(10-8-12)15(18)11-14-16(19)5-3-6-17(14)20/h3,5-10,15H,2,4,11H2,1H3. The van der Waals surface area contributed by atoms with Crippen molar-refractivity contribution in [2.45, 2.75) is 31.0 Å². The average molecular weight is 339 g/mol. The number of rotatable bonds is 5. The zero-order chi connectivity index (χ0) is 14.5. The van der Waals surface area contributed by atoms with Crippen LogP contribution in [0.2, 0.25) is 0 Å². The molecule has 0 saturated heterocycles. The fourth-order valence-electron chi connectivity index (χ4n) is 2.21. The summed E-state index contributed by atoms with van der Waals surface area (Å²) >= 11 is 3.52. The Kier molecular flexibility index (Phi) is 5.30. The Bertz CT molecular complexity index is 543. The van der Waals surface area contributed by atoms with Crippen LogP contribution in [0.4, 0.5) is 8.78 Å². The molecule has 2 aromatic carbocycles. The van der Waals surface area contributed by atoms with Crippen molar-refractivity contribution in [3.8, 4) is 0 Å². The highest BCUT2D eigenvalue weighted by atomic mass is 79.9. The third kappa shape index (κ3) is 3.66. The van der Waals surface area contributed by atoms with Crippen molar-refractivity contribution in [2.75, 3.05) is 0 Å². The van der Waals surface area contributed by atoms with E-state index >= 15 is 0 Å². The van der Waals surface area contributed by atoms with Crippen LogP contribution in [0.15, 0.2) is 42.5 Å². The van der Waals surface area contributed by atoms with Crippen LogP contribution in [-0.4, -0.2) is 0 Å². The summed E-state index contributed by atoms with van der Waals surface area (Å²) in [6.07, 6.45) is 2.46. The molecule has 0 nitrogen and oxygen atoms in total. The molecule has 0 radical (unpaired) electrons. The van der Waals surface area contributed by atoms with E-state index in [4.69, 9.17) is 0 Å². The molecule has 2 rings (SSSR count). The summed E-state index contributed by atoms with van der Waals surface area (Å²) in [4.78, 5) is -0.0930. The number of benzene rings is 2. The van der Waals surface area contributed by atoms with E-state index in [0.717, 1.165) is 18.4 Å². The van der Waals surface area contributed by atoms with Gasteiger partial charge in [0.05, 0.1) is 0 Å². The largest absolute Gasteiger partial charge is 0.207 e. The number of alkyl halides is 1. The molecule has 1 unspecified atom stereocenters. The molecule has 2 aromatic rings. The summed E-state index contributed by atoms with van der Waals surface area (Å²) in [5, 5.41) is 0. The van der Waals surface area contributed by atoms with Gasteiger partial charge in [0.15, 0.2) is 0 Å². The third-order valence-electron chi connectivity index (χ3n) is 3.33. The molecular formula is C17H17BrF2. The van der Waals surface area contributed by atoms with Crippen LogP contribution in [0.25, 0.3) is 0 Å². The van der Waals surface area contributed by atoms with E-state index in [1.54, 1.807) is 0 Å². The van der Waals surface area contributed by atoms with Crippen molar-refractivity contribution in [3.05, 3.63) is 70.8 Å². The Morgan fingerprint density at radius 1 is 1.00 bits per heavy atom. The Morgan fingerprint density at radius 3 is 2.15 bits per heavy atom. The van der Waals surface area contributed by atoms with E-state index < -0.39 is 11.6 Å². The van der Waals surface area contributed by atoms with Crippen molar-refractivity contribution >= 4 is 15.9 Å². The Labute approximate surface area is 127 Å². The molecule has 0 aliphatic heterocycles. The second-order valence-electron chi connectivity index (χ2n) is 4.86. The number of hydrogen-bond donors (Lipinski definition) is 0. The molecule has 0 aliphatic rings. The molecule has 20 heavy (non-hydrogen) atoms. The van der Waals surface area contributed by atoms with Gasteiger partial charge in [0.2, 0.25) is 0 Å². The van der Waals surface area contributed by atoms with Gasteiger partial charge >= 0.3 is 0 Å². The number of aryl methyl sites for hydroxylation is 1. The molecule has 0 heterocycles. The molecule has 0 N–H and O–H groups in total. The van der Waals surface area contributed by atoms with Crippen molar-refractivity contribution in [1.29, 1.82) is 0 Å². The minimum absolute atomic E-state index is 0.0930. The second kappa shape index (κ2) is 6.98. The lowest BCUT2D eigenvalue weighted by Gasteiger charge is -2.12. The molecule has 0 aliphatic carbocycles. The fourth-order valence-corrected chi connectivity index (χ4v) is 2.84. The smallest absolute Gasteiger partial charge is 0.129 e. The maximum absolute atomic E-state index is 13.6. The molecule has 0 bridgehead atoms. The summed E-state index contributed by atoms with van der Waals surface area (Å²) < 4.78 is 27.3. The molecule has 1 atom stereocenters. The molecule has 0 aromatic heterocycles. The third-order valence-corrected chi connectivity index (χ3v) is 4.18. The molecule has 0 saturated carbocycles. The molecular weight excluding hydrogens is 322 g/mol. The Hall–Kier alpha value is -1.22. The first kappa shape index (κ1) is 15.2. The van der Waals surface area contributed by atoms with Gasteiger partial charge < -0.3 is 0 Å². The van der Waals surface area contributed by atoms with Gasteiger partial charge in [-0.2, -0.15) is 0 Å². The quantitative estimate of drug-likeness (QED) is 0.623. The summed E-state index contributed by atoms with van der Waals surface area (Å²) in [7, 11) is 0. The Balaban J connectivity index is 2.13. The molecule has 0 amide bonds.